The molecule has 164 valence electrons. The van der Waals surface area contributed by atoms with Crippen LogP contribution in [-0.4, -0.2) is 106 Å². The van der Waals surface area contributed by atoms with Crippen molar-refractivity contribution in [3.8, 4) is 0 Å². The van der Waals surface area contributed by atoms with Crippen LogP contribution in [-0.2, 0) is 14.8 Å². The van der Waals surface area contributed by atoms with E-state index in [4.69, 9.17) is 4.74 Å². The number of morpholine rings is 1. The maximum absolute atomic E-state index is 12.4. The highest BCUT2D eigenvalue weighted by Crippen LogP contribution is 2.14. The van der Waals surface area contributed by atoms with E-state index in [1.54, 1.807) is 11.4 Å². The van der Waals surface area contributed by atoms with E-state index in [1.807, 2.05) is 11.8 Å². The quantitative estimate of drug-likeness (QED) is 0.397. The molecule has 2 N–H and O–H groups in total. The van der Waals surface area contributed by atoms with Crippen LogP contribution >= 0.6 is 11.8 Å². The van der Waals surface area contributed by atoms with Gasteiger partial charge >= 0.3 is 0 Å². The van der Waals surface area contributed by atoms with Gasteiger partial charge < -0.3 is 15.4 Å². The highest BCUT2D eigenvalue weighted by atomic mass is 32.2. The summed E-state index contributed by atoms with van der Waals surface area (Å²) in [6, 6.07) is 0.414. The Morgan fingerprint density at radius 3 is 2.43 bits per heavy atom. The van der Waals surface area contributed by atoms with Crippen LogP contribution < -0.4 is 10.6 Å². The van der Waals surface area contributed by atoms with Gasteiger partial charge in [-0.05, 0) is 12.3 Å². The summed E-state index contributed by atoms with van der Waals surface area (Å²) in [5, 5.41) is 6.54. The third-order valence-corrected chi connectivity index (χ3v) is 7.86. The molecule has 2 rings (SSSR count). The minimum Gasteiger partial charge on any atom is -0.379 e. The first kappa shape index (κ1) is 23.7. The molecular weight excluding hydrogens is 398 g/mol. The van der Waals surface area contributed by atoms with Crippen molar-refractivity contribution in [2.24, 2.45) is 10.9 Å². The predicted molar refractivity (Wildman–Crippen MR) is 118 cm³/mol. The lowest BCUT2D eigenvalue weighted by atomic mass is 10.0. The Morgan fingerprint density at radius 1 is 1.14 bits per heavy atom. The standard InChI is InChI=1S/C18H37N5O3S2/c1-16(2)14-17(22-5-9-26-10-6-22)15-21-18(19-3)20-4-13-28(24,25)23-7-11-27-12-8-23/h16-17H,4-15H2,1-3H3,(H2,19,20,21). The molecule has 1 unspecified atom stereocenters. The second kappa shape index (κ2) is 12.2. The van der Waals surface area contributed by atoms with Gasteiger partial charge in [-0.1, -0.05) is 13.8 Å². The number of sulfonamides is 1. The molecular formula is C18H37N5O3S2. The van der Waals surface area contributed by atoms with Gasteiger partial charge in [0.05, 0.1) is 19.0 Å². The van der Waals surface area contributed by atoms with Crippen molar-refractivity contribution in [2.75, 3.05) is 76.8 Å². The topological polar surface area (TPSA) is 86.3 Å². The second-order valence-electron chi connectivity index (χ2n) is 7.64. The highest BCUT2D eigenvalue weighted by molar-refractivity contribution is 7.99. The summed E-state index contributed by atoms with van der Waals surface area (Å²) in [5.74, 6) is 3.13. The van der Waals surface area contributed by atoms with Crippen LogP contribution in [0, 0.1) is 5.92 Å². The van der Waals surface area contributed by atoms with E-state index in [0.717, 1.165) is 50.8 Å². The molecule has 0 aromatic carbocycles. The van der Waals surface area contributed by atoms with Crippen molar-refractivity contribution in [1.82, 2.24) is 19.8 Å². The molecule has 0 amide bonds. The number of ether oxygens (including phenoxy) is 1. The molecule has 1 atom stereocenters. The number of rotatable bonds is 9. The average molecular weight is 436 g/mol. The summed E-state index contributed by atoms with van der Waals surface area (Å²) in [4.78, 5) is 6.73. The van der Waals surface area contributed by atoms with Crippen molar-refractivity contribution in [3.05, 3.63) is 0 Å². The SMILES string of the molecule is CN=C(NCCS(=O)(=O)N1CCSCC1)NCC(CC(C)C)N1CCOCC1. The van der Waals surface area contributed by atoms with Crippen molar-refractivity contribution in [3.63, 3.8) is 0 Å². The smallest absolute Gasteiger partial charge is 0.215 e. The molecule has 0 spiro atoms. The molecule has 2 heterocycles. The van der Waals surface area contributed by atoms with Crippen LogP contribution in [0.25, 0.3) is 0 Å². The molecule has 10 heteroatoms. The minimum absolute atomic E-state index is 0.0945. The van der Waals surface area contributed by atoms with Crippen LogP contribution in [0.3, 0.4) is 0 Å². The van der Waals surface area contributed by atoms with E-state index in [-0.39, 0.29) is 5.75 Å². The van der Waals surface area contributed by atoms with E-state index < -0.39 is 10.0 Å². The number of aliphatic imine (C=N–C) groups is 1. The minimum atomic E-state index is -3.20. The highest BCUT2D eigenvalue weighted by Gasteiger charge is 2.24. The van der Waals surface area contributed by atoms with E-state index in [2.05, 4.69) is 34.4 Å². The Morgan fingerprint density at radius 2 is 1.82 bits per heavy atom. The molecule has 0 bridgehead atoms. The van der Waals surface area contributed by atoms with Gasteiger partial charge in [0.2, 0.25) is 10.0 Å². The molecule has 0 radical (unpaired) electrons. The Balaban J connectivity index is 1.78. The molecule has 0 aromatic heterocycles. The van der Waals surface area contributed by atoms with Gasteiger partial charge in [0, 0.05) is 63.9 Å². The molecule has 28 heavy (non-hydrogen) atoms. The molecule has 2 aliphatic rings. The zero-order chi connectivity index (χ0) is 20.4. The zero-order valence-electron chi connectivity index (χ0n) is 17.5. The lowest BCUT2D eigenvalue weighted by molar-refractivity contribution is 0.0132. The normalized spacial score (nSPS) is 21.6. The fourth-order valence-corrected chi connectivity index (χ4v) is 6.03. The number of hydrogen-bond donors (Lipinski definition) is 2. The molecule has 8 nitrogen and oxygen atoms in total. The van der Waals surface area contributed by atoms with Crippen LogP contribution in [0.2, 0.25) is 0 Å². The Labute approximate surface area is 174 Å². The van der Waals surface area contributed by atoms with Crippen LogP contribution in [0.4, 0.5) is 0 Å². The maximum Gasteiger partial charge on any atom is 0.215 e. The van der Waals surface area contributed by atoms with E-state index in [1.165, 1.54) is 0 Å². The van der Waals surface area contributed by atoms with Crippen molar-refractivity contribution < 1.29 is 13.2 Å². The Kier molecular flexibility index (Phi) is 10.4. The van der Waals surface area contributed by atoms with E-state index in [9.17, 15) is 8.42 Å². The summed E-state index contributed by atoms with van der Waals surface area (Å²) in [7, 11) is -1.48. The molecule has 0 aliphatic carbocycles. The Bertz CT molecular complexity index is 574. The number of nitrogens with zero attached hydrogens (tertiary/aromatic N) is 3. The van der Waals surface area contributed by atoms with Gasteiger partial charge in [-0.3, -0.25) is 9.89 Å². The third kappa shape index (κ3) is 8.06. The first-order valence-corrected chi connectivity index (χ1v) is 13.0. The van der Waals surface area contributed by atoms with Gasteiger partial charge in [-0.2, -0.15) is 11.8 Å². The van der Waals surface area contributed by atoms with Crippen molar-refractivity contribution >= 4 is 27.7 Å². The molecule has 0 saturated carbocycles. The van der Waals surface area contributed by atoms with Crippen molar-refractivity contribution in [2.45, 2.75) is 26.3 Å². The summed E-state index contributed by atoms with van der Waals surface area (Å²) >= 11 is 1.81. The van der Waals surface area contributed by atoms with Gasteiger partial charge in [0.25, 0.3) is 0 Å². The summed E-state index contributed by atoms with van der Waals surface area (Å²) in [6.45, 7) is 10.4. The molecule has 2 aliphatic heterocycles. The third-order valence-electron chi connectivity index (χ3n) is 5.05. The first-order chi connectivity index (χ1) is 13.4. The van der Waals surface area contributed by atoms with Gasteiger partial charge in [-0.25, -0.2) is 12.7 Å². The Hall–Kier alpha value is -0.550. The van der Waals surface area contributed by atoms with Gasteiger partial charge in [-0.15, -0.1) is 0 Å². The molecule has 0 aromatic rings. The van der Waals surface area contributed by atoms with Crippen LogP contribution in [0.5, 0.6) is 0 Å². The number of thioether (sulfide) groups is 1. The van der Waals surface area contributed by atoms with E-state index in [0.29, 0.717) is 37.6 Å². The van der Waals surface area contributed by atoms with Crippen LogP contribution in [0.15, 0.2) is 4.99 Å². The van der Waals surface area contributed by atoms with Gasteiger partial charge in [0.15, 0.2) is 5.96 Å². The lowest BCUT2D eigenvalue weighted by Gasteiger charge is -2.35. The molecule has 2 fully saturated rings. The molecule has 2 saturated heterocycles. The van der Waals surface area contributed by atoms with Crippen LogP contribution in [0.1, 0.15) is 20.3 Å². The number of nitrogens with one attached hydrogen (secondary N) is 2. The number of guanidine groups is 1. The average Bonchev–Trinajstić information content (AvgIpc) is 2.70. The predicted octanol–water partition coefficient (Wildman–Crippen LogP) is 0.277. The first-order valence-electron chi connectivity index (χ1n) is 10.2. The monoisotopic (exact) mass is 435 g/mol. The summed E-state index contributed by atoms with van der Waals surface area (Å²) in [5.41, 5.74) is 0. The largest absolute Gasteiger partial charge is 0.379 e. The number of hydrogen-bond acceptors (Lipinski definition) is 6. The second-order valence-corrected chi connectivity index (χ2v) is 11.0. The zero-order valence-corrected chi connectivity index (χ0v) is 19.2. The van der Waals surface area contributed by atoms with Gasteiger partial charge in [0.1, 0.15) is 0 Å². The lowest BCUT2D eigenvalue weighted by Crippen LogP contribution is -2.51. The maximum atomic E-state index is 12.4. The fraction of sp³-hybridized carbons (Fsp3) is 0.944. The fourth-order valence-electron chi connectivity index (χ4n) is 3.54. The van der Waals surface area contributed by atoms with Crippen molar-refractivity contribution in [1.29, 1.82) is 0 Å². The van der Waals surface area contributed by atoms with E-state index >= 15 is 0 Å². The summed E-state index contributed by atoms with van der Waals surface area (Å²) in [6.07, 6.45) is 1.10. The summed E-state index contributed by atoms with van der Waals surface area (Å²) < 4.78 is 32.0.